The van der Waals surface area contributed by atoms with E-state index in [0.29, 0.717) is 25.1 Å². The number of fused-ring (bicyclic) bond motifs is 1. The first-order valence-corrected chi connectivity index (χ1v) is 7.68. The number of likely N-dealkylation sites (tertiary alicyclic amines) is 1. The van der Waals surface area contributed by atoms with Crippen LogP contribution in [-0.2, 0) is 16.0 Å². The molecule has 3 rings (SSSR count). The predicted molar refractivity (Wildman–Crippen MR) is 84.6 cm³/mol. The molecule has 0 radical (unpaired) electrons. The van der Waals surface area contributed by atoms with Gasteiger partial charge < -0.3 is 20.2 Å². The Bertz CT molecular complexity index is 767. The molecule has 3 N–H and O–H groups in total. The third-order valence-corrected chi connectivity index (χ3v) is 4.51. The summed E-state index contributed by atoms with van der Waals surface area (Å²) < 4.78 is 5.67. The Kier molecular flexibility index (Phi) is 3.85. The minimum Gasteiger partial charge on any atom is -0.461 e. The fraction of sp³-hybridized carbons (Fsp3) is 0.412. The van der Waals surface area contributed by atoms with E-state index < -0.39 is 11.5 Å². The molecule has 23 heavy (non-hydrogen) atoms. The molecule has 1 aliphatic heterocycles. The van der Waals surface area contributed by atoms with Crippen molar-refractivity contribution in [3.05, 3.63) is 35.6 Å². The van der Waals surface area contributed by atoms with Crippen molar-refractivity contribution < 1.29 is 19.1 Å². The number of nitrogens with two attached hydrogens (primary N) is 1. The number of para-hydroxylation sites is 1. The van der Waals surface area contributed by atoms with Crippen LogP contribution in [0.15, 0.2) is 28.7 Å². The number of carbonyl (C=O) groups excluding carboxylic acids is 2. The molecule has 1 saturated heterocycles. The second kappa shape index (κ2) is 5.70. The van der Waals surface area contributed by atoms with Crippen LogP contribution in [0.1, 0.15) is 24.2 Å². The molecule has 2 aromatic rings. The molecule has 122 valence electrons. The molecule has 1 aliphatic rings. The molecule has 1 atom stereocenters. The number of rotatable bonds is 3. The Hall–Kier alpha value is -2.34. The van der Waals surface area contributed by atoms with E-state index in [2.05, 4.69) is 0 Å². The summed E-state index contributed by atoms with van der Waals surface area (Å²) >= 11 is 0. The summed E-state index contributed by atoms with van der Waals surface area (Å²) in [4.78, 5) is 25.5. The van der Waals surface area contributed by atoms with Crippen LogP contribution < -0.4 is 5.73 Å². The van der Waals surface area contributed by atoms with E-state index in [1.807, 2.05) is 31.2 Å². The maximum absolute atomic E-state index is 12.6. The fourth-order valence-electron chi connectivity index (χ4n) is 3.15. The van der Waals surface area contributed by atoms with E-state index in [-0.39, 0.29) is 18.9 Å². The fourth-order valence-corrected chi connectivity index (χ4v) is 3.15. The Morgan fingerprint density at radius 3 is 2.87 bits per heavy atom. The second-order valence-electron chi connectivity index (χ2n) is 6.12. The van der Waals surface area contributed by atoms with Crippen LogP contribution in [0.4, 0.5) is 0 Å². The molecule has 1 unspecified atom stereocenters. The van der Waals surface area contributed by atoms with Crippen molar-refractivity contribution in [3.8, 4) is 0 Å². The number of furan rings is 1. The van der Waals surface area contributed by atoms with Gasteiger partial charge in [-0.2, -0.15) is 0 Å². The van der Waals surface area contributed by atoms with Gasteiger partial charge in [0.25, 0.3) is 5.91 Å². The quantitative estimate of drug-likeness (QED) is 0.887. The van der Waals surface area contributed by atoms with Crippen LogP contribution in [0.2, 0.25) is 0 Å². The first-order valence-electron chi connectivity index (χ1n) is 7.68. The summed E-state index contributed by atoms with van der Waals surface area (Å²) in [5.41, 5.74) is 5.23. The average molecular weight is 316 g/mol. The molecule has 2 amide bonds. The highest BCUT2D eigenvalue weighted by molar-refractivity contribution is 5.89. The molecule has 1 aromatic carbocycles. The minimum atomic E-state index is -1.62. The number of amides is 2. The van der Waals surface area contributed by atoms with Crippen LogP contribution in [-0.4, -0.2) is 40.5 Å². The van der Waals surface area contributed by atoms with E-state index in [4.69, 9.17) is 10.2 Å². The van der Waals surface area contributed by atoms with Crippen molar-refractivity contribution in [2.24, 2.45) is 5.73 Å². The van der Waals surface area contributed by atoms with Crippen LogP contribution in [0.25, 0.3) is 11.0 Å². The van der Waals surface area contributed by atoms with Gasteiger partial charge in [0.15, 0.2) is 5.60 Å². The lowest BCUT2D eigenvalue weighted by molar-refractivity contribution is -0.148. The lowest BCUT2D eigenvalue weighted by Crippen LogP contribution is -2.57. The Labute approximate surface area is 133 Å². The third-order valence-electron chi connectivity index (χ3n) is 4.51. The number of benzene rings is 1. The van der Waals surface area contributed by atoms with Crippen LogP contribution in [0.5, 0.6) is 0 Å². The summed E-state index contributed by atoms with van der Waals surface area (Å²) in [7, 11) is 0. The van der Waals surface area contributed by atoms with Crippen LogP contribution >= 0.6 is 0 Å². The monoisotopic (exact) mass is 316 g/mol. The molecule has 1 aromatic heterocycles. The molecule has 6 heteroatoms. The molecule has 2 heterocycles. The lowest BCUT2D eigenvalue weighted by Gasteiger charge is -2.37. The van der Waals surface area contributed by atoms with E-state index in [0.717, 1.165) is 16.5 Å². The van der Waals surface area contributed by atoms with Gasteiger partial charge in [-0.3, -0.25) is 9.59 Å². The number of nitrogens with zero attached hydrogens (tertiary/aromatic N) is 1. The number of β-amino-alcohol motifs (C(OH)–C–C–N with tert-alkyl or cyclic N) is 1. The van der Waals surface area contributed by atoms with Crippen molar-refractivity contribution in [2.45, 2.75) is 31.8 Å². The summed E-state index contributed by atoms with van der Waals surface area (Å²) in [6.07, 6.45) is 1.02. The highest BCUT2D eigenvalue weighted by Gasteiger charge is 2.40. The maximum Gasteiger partial charge on any atom is 0.251 e. The molecule has 0 saturated carbocycles. The molecular formula is C17H20N2O4. The number of hydrogen-bond acceptors (Lipinski definition) is 4. The van der Waals surface area contributed by atoms with Gasteiger partial charge in [0.05, 0.1) is 13.0 Å². The van der Waals surface area contributed by atoms with E-state index >= 15 is 0 Å². The van der Waals surface area contributed by atoms with Gasteiger partial charge in [0, 0.05) is 17.5 Å². The van der Waals surface area contributed by atoms with Gasteiger partial charge in [-0.1, -0.05) is 18.2 Å². The SMILES string of the molecule is Cc1oc2ccccc2c1CC(=O)N1CCCC(O)(C(N)=O)C1. The van der Waals surface area contributed by atoms with Gasteiger partial charge >= 0.3 is 0 Å². The predicted octanol–water partition coefficient (Wildman–Crippen LogP) is 1.12. The zero-order valence-corrected chi connectivity index (χ0v) is 13.0. The topological polar surface area (TPSA) is 96.8 Å². The van der Waals surface area contributed by atoms with Crippen LogP contribution in [0.3, 0.4) is 0 Å². The first-order chi connectivity index (χ1) is 10.9. The second-order valence-corrected chi connectivity index (χ2v) is 6.12. The van der Waals surface area contributed by atoms with E-state index in [1.54, 1.807) is 0 Å². The zero-order chi connectivity index (χ0) is 16.6. The van der Waals surface area contributed by atoms with Crippen molar-refractivity contribution in [3.63, 3.8) is 0 Å². The first kappa shape index (κ1) is 15.6. The van der Waals surface area contributed by atoms with E-state index in [1.165, 1.54) is 4.90 Å². The van der Waals surface area contributed by atoms with Crippen molar-refractivity contribution in [2.75, 3.05) is 13.1 Å². The summed E-state index contributed by atoms with van der Waals surface area (Å²) in [6, 6.07) is 7.57. The standard InChI is InChI=1S/C17H20N2O4/c1-11-13(12-5-2-3-6-14(12)23-11)9-15(20)19-8-4-7-17(22,10-19)16(18)21/h2-3,5-6,22H,4,7-10H2,1H3,(H2,18,21). The van der Waals surface area contributed by atoms with E-state index in [9.17, 15) is 14.7 Å². The highest BCUT2D eigenvalue weighted by atomic mass is 16.3. The average Bonchev–Trinajstić information content (AvgIpc) is 2.83. The zero-order valence-electron chi connectivity index (χ0n) is 13.0. The molecule has 0 aliphatic carbocycles. The Morgan fingerprint density at radius 1 is 1.39 bits per heavy atom. The van der Waals surface area contributed by atoms with Gasteiger partial charge in [-0.05, 0) is 25.8 Å². The number of carbonyl (C=O) groups is 2. The van der Waals surface area contributed by atoms with Crippen molar-refractivity contribution in [1.82, 2.24) is 4.90 Å². The number of piperidine rings is 1. The Balaban J connectivity index is 1.81. The van der Waals surface area contributed by atoms with Crippen molar-refractivity contribution >= 4 is 22.8 Å². The molecule has 6 nitrogen and oxygen atoms in total. The number of hydrogen-bond donors (Lipinski definition) is 2. The normalized spacial score (nSPS) is 21.6. The third kappa shape index (κ3) is 2.82. The number of primary amides is 1. The van der Waals surface area contributed by atoms with Gasteiger partial charge in [0.2, 0.25) is 5.91 Å². The van der Waals surface area contributed by atoms with Gasteiger partial charge in [0.1, 0.15) is 11.3 Å². The molecule has 1 fully saturated rings. The number of aliphatic hydroxyl groups is 1. The number of aryl methyl sites for hydroxylation is 1. The van der Waals surface area contributed by atoms with Gasteiger partial charge in [-0.25, -0.2) is 0 Å². The maximum atomic E-state index is 12.6. The molecule has 0 bridgehead atoms. The summed E-state index contributed by atoms with van der Waals surface area (Å²) in [6.45, 7) is 2.30. The minimum absolute atomic E-state index is 0.0456. The summed E-state index contributed by atoms with van der Waals surface area (Å²) in [5, 5.41) is 11.2. The smallest absolute Gasteiger partial charge is 0.251 e. The molecule has 0 spiro atoms. The highest BCUT2D eigenvalue weighted by Crippen LogP contribution is 2.27. The summed E-state index contributed by atoms with van der Waals surface area (Å²) in [5.74, 6) is -0.208. The van der Waals surface area contributed by atoms with Crippen LogP contribution in [0, 0.1) is 6.92 Å². The lowest BCUT2D eigenvalue weighted by atomic mass is 9.91. The van der Waals surface area contributed by atoms with Gasteiger partial charge in [-0.15, -0.1) is 0 Å². The van der Waals surface area contributed by atoms with Crippen molar-refractivity contribution in [1.29, 1.82) is 0 Å². The molecular weight excluding hydrogens is 296 g/mol. The largest absolute Gasteiger partial charge is 0.461 e. The Morgan fingerprint density at radius 2 is 2.13 bits per heavy atom.